The van der Waals surface area contributed by atoms with Crippen molar-refractivity contribution in [2.45, 2.75) is 39.3 Å². The Kier molecular flexibility index (Phi) is 5.16. The molecule has 1 aromatic carbocycles. The molecule has 5 heteroatoms. The van der Waals surface area contributed by atoms with Gasteiger partial charge in [-0.15, -0.1) is 0 Å². The zero-order valence-corrected chi connectivity index (χ0v) is 13.4. The summed E-state index contributed by atoms with van der Waals surface area (Å²) in [5.41, 5.74) is 0.746. The van der Waals surface area contributed by atoms with Crippen LogP contribution in [0.5, 0.6) is 0 Å². The van der Waals surface area contributed by atoms with Gasteiger partial charge in [0.15, 0.2) is 0 Å². The number of hydrogen-bond acceptors (Lipinski definition) is 2. The van der Waals surface area contributed by atoms with E-state index >= 15 is 0 Å². The molecule has 22 heavy (non-hydrogen) atoms. The Morgan fingerprint density at radius 3 is 2.77 bits per heavy atom. The van der Waals surface area contributed by atoms with Crippen LogP contribution in [0.1, 0.15) is 32.3 Å². The Morgan fingerprint density at radius 2 is 2.14 bits per heavy atom. The maximum atomic E-state index is 13.2. The van der Waals surface area contributed by atoms with Crippen molar-refractivity contribution in [1.82, 2.24) is 9.80 Å². The minimum Gasteiger partial charge on any atom is -0.340 e. The molecular weight excluding hydrogens is 283 g/mol. The van der Waals surface area contributed by atoms with Crippen molar-refractivity contribution in [2.24, 2.45) is 5.92 Å². The van der Waals surface area contributed by atoms with Gasteiger partial charge in [-0.25, -0.2) is 4.39 Å². The third-order valence-corrected chi connectivity index (χ3v) is 4.00. The van der Waals surface area contributed by atoms with Crippen LogP contribution in [0.15, 0.2) is 24.3 Å². The number of carbonyl (C=O) groups is 2. The average Bonchev–Trinajstić information content (AvgIpc) is 2.94. The van der Waals surface area contributed by atoms with E-state index in [4.69, 9.17) is 0 Å². The number of benzene rings is 1. The zero-order chi connectivity index (χ0) is 16.3. The number of carbonyl (C=O) groups excluding carboxylic acids is 2. The van der Waals surface area contributed by atoms with Crippen molar-refractivity contribution in [2.75, 3.05) is 13.6 Å². The number of rotatable bonds is 4. The van der Waals surface area contributed by atoms with Crippen molar-refractivity contribution in [1.29, 1.82) is 0 Å². The van der Waals surface area contributed by atoms with Gasteiger partial charge < -0.3 is 9.80 Å². The fourth-order valence-electron chi connectivity index (χ4n) is 2.86. The van der Waals surface area contributed by atoms with Gasteiger partial charge in [-0.1, -0.05) is 26.0 Å². The fourth-order valence-corrected chi connectivity index (χ4v) is 2.86. The Labute approximate surface area is 130 Å². The second-order valence-corrected chi connectivity index (χ2v) is 6.17. The molecule has 1 atom stereocenters. The van der Waals surface area contributed by atoms with E-state index in [2.05, 4.69) is 0 Å². The van der Waals surface area contributed by atoms with Gasteiger partial charge >= 0.3 is 0 Å². The van der Waals surface area contributed by atoms with E-state index in [9.17, 15) is 14.0 Å². The molecule has 0 aromatic heterocycles. The van der Waals surface area contributed by atoms with Crippen molar-refractivity contribution in [3.05, 3.63) is 35.6 Å². The van der Waals surface area contributed by atoms with Crippen LogP contribution < -0.4 is 0 Å². The molecule has 2 rings (SSSR count). The maximum Gasteiger partial charge on any atom is 0.245 e. The minimum absolute atomic E-state index is 0.0232. The first-order valence-corrected chi connectivity index (χ1v) is 7.70. The summed E-state index contributed by atoms with van der Waals surface area (Å²) in [4.78, 5) is 28.1. The molecule has 0 radical (unpaired) electrons. The van der Waals surface area contributed by atoms with Gasteiger partial charge in [0.25, 0.3) is 0 Å². The molecule has 120 valence electrons. The smallest absolute Gasteiger partial charge is 0.245 e. The summed E-state index contributed by atoms with van der Waals surface area (Å²) in [5.74, 6) is -0.469. The topological polar surface area (TPSA) is 40.6 Å². The molecule has 0 N–H and O–H groups in total. The van der Waals surface area contributed by atoms with Crippen LogP contribution in [-0.2, 0) is 16.1 Å². The van der Waals surface area contributed by atoms with Crippen LogP contribution in [0.4, 0.5) is 4.39 Å². The van der Waals surface area contributed by atoms with Gasteiger partial charge in [0.1, 0.15) is 11.9 Å². The molecule has 1 fully saturated rings. The number of likely N-dealkylation sites (tertiary alicyclic amines) is 1. The predicted octanol–water partition coefficient (Wildman–Crippen LogP) is 2.43. The second-order valence-electron chi connectivity index (χ2n) is 6.17. The van der Waals surface area contributed by atoms with Crippen molar-refractivity contribution < 1.29 is 14.0 Å². The number of likely N-dealkylation sites (N-methyl/N-ethyl adjacent to an activating group) is 1. The van der Waals surface area contributed by atoms with Crippen LogP contribution >= 0.6 is 0 Å². The lowest BCUT2D eigenvalue weighted by Gasteiger charge is -2.29. The first-order valence-electron chi connectivity index (χ1n) is 7.70. The Bertz CT molecular complexity index is 559. The molecule has 1 aliphatic heterocycles. The third-order valence-electron chi connectivity index (χ3n) is 4.00. The average molecular weight is 306 g/mol. The van der Waals surface area contributed by atoms with Crippen LogP contribution in [0.3, 0.4) is 0 Å². The Morgan fingerprint density at radius 1 is 1.41 bits per heavy atom. The van der Waals surface area contributed by atoms with Gasteiger partial charge in [-0.05, 0) is 30.5 Å². The largest absolute Gasteiger partial charge is 0.340 e. The molecule has 2 amide bonds. The Balaban J connectivity index is 2.05. The summed E-state index contributed by atoms with van der Waals surface area (Å²) in [7, 11) is 1.70. The lowest BCUT2D eigenvalue weighted by atomic mass is 10.1. The molecule has 1 saturated heterocycles. The molecule has 1 heterocycles. The number of amides is 2. The molecule has 0 bridgehead atoms. The standard InChI is InChI=1S/C17H23FN2O2/c1-12(2)16(21)20-9-5-8-15(20)17(22)19(3)11-13-6-4-7-14(18)10-13/h4,6-7,10,12,15H,5,8-9,11H2,1-3H3. The highest BCUT2D eigenvalue weighted by Gasteiger charge is 2.36. The normalized spacial score (nSPS) is 17.9. The molecule has 1 unspecified atom stereocenters. The van der Waals surface area contributed by atoms with Gasteiger partial charge in [0, 0.05) is 26.1 Å². The van der Waals surface area contributed by atoms with E-state index < -0.39 is 0 Å². The highest BCUT2D eigenvalue weighted by Crippen LogP contribution is 2.22. The van der Waals surface area contributed by atoms with Gasteiger partial charge in [-0.2, -0.15) is 0 Å². The second kappa shape index (κ2) is 6.90. The SMILES string of the molecule is CC(C)C(=O)N1CCCC1C(=O)N(C)Cc1cccc(F)c1. The fraction of sp³-hybridized carbons (Fsp3) is 0.529. The molecule has 1 aromatic rings. The van der Waals surface area contributed by atoms with Gasteiger partial charge in [0.2, 0.25) is 11.8 Å². The van der Waals surface area contributed by atoms with Crippen molar-refractivity contribution in [3.63, 3.8) is 0 Å². The van der Waals surface area contributed by atoms with Crippen LogP contribution in [-0.4, -0.2) is 41.2 Å². The third kappa shape index (κ3) is 3.64. The van der Waals surface area contributed by atoms with E-state index in [0.29, 0.717) is 19.5 Å². The van der Waals surface area contributed by atoms with E-state index in [1.54, 1.807) is 29.0 Å². The first kappa shape index (κ1) is 16.5. The molecule has 4 nitrogen and oxygen atoms in total. The molecule has 0 spiro atoms. The predicted molar refractivity (Wildman–Crippen MR) is 82.4 cm³/mol. The molecule has 0 aliphatic carbocycles. The number of nitrogens with zero attached hydrogens (tertiary/aromatic N) is 2. The molecular formula is C17H23FN2O2. The van der Waals surface area contributed by atoms with Gasteiger partial charge in [0.05, 0.1) is 0 Å². The summed E-state index contributed by atoms with van der Waals surface area (Å²) in [6.45, 7) is 4.68. The molecule has 0 saturated carbocycles. The lowest BCUT2D eigenvalue weighted by molar-refractivity contribution is -0.145. The molecule has 1 aliphatic rings. The Hall–Kier alpha value is -1.91. The zero-order valence-electron chi connectivity index (χ0n) is 13.4. The van der Waals surface area contributed by atoms with E-state index in [1.165, 1.54) is 12.1 Å². The van der Waals surface area contributed by atoms with Crippen molar-refractivity contribution in [3.8, 4) is 0 Å². The summed E-state index contributed by atoms with van der Waals surface area (Å²) in [6, 6.07) is 5.85. The number of halogens is 1. The van der Waals surface area contributed by atoms with Crippen LogP contribution in [0, 0.1) is 11.7 Å². The van der Waals surface area contributed by atoms with Crippen molar-refractivity contribution >= 4 is 11.8 Å². The minimum atomic E-state index is -0.381. The first-order chi connectivity index (χ1) is 10.4. The van der Waals surface area contributed by atoms with E-state index in [1.807, 2.05) is 13.8 Å². The summed E-state index contributed by atoms with van der Waals surface area (Å²) < 4.78 is 13.2. The highest BCUT2D eigenvalue weighted by atomic mass is 19.1. The summed E-state index contributed by atoms with van der Waals surface area (Å²) >= 11 is 0. The van der Waals surface area contributed by atoms with E-state index in [0.717, 1.165) is 12.0 Å². The van der Waals surface area contributed by atoms with E-state index in [-0.39, 0.29) is 29.6 Å². The van der Waals surface area contributed by atoms with Crippen LogP contribution in [0.2, 0.25) is 0 Å². The quantitative estimate of drug-likeness (QED) is 0.857. The highest BCUT2D eigenvalue weighted by molar-refractivity contribution is 5.88. The van der Waals surface area contributed by atoms with Gasteiger partial charge in [-0.3, -0.25) is 9.59 Å². The maximum absolute atomic E-state index is 13.2. The van der Waals surface area contributed by atoms with Crippen LogP contribution in [0.25, 0.3) is 0 Å². The lowest BCUT2D eigenvalue weighted by Crippen LogP contribution is -2.47. The monoisotopic (exact) mass is 306 g/mol. The summed E-state index contributed by atoms with van der Waals surface area (Å²) in [5, 5.41) is 0. The summed E-state index contributed by atoms with van der Waals surface area (Å²) in [6.07, 6.45) is 1.55. The number of hydrogen-bond donors (Lipinski definition) is 0.